The first-order valence-electron chi connectivity index (χ1n) is 10.7. The normalized spacial score (nSPS) is 16.7. The van der Waals surface area contributed by atoms with Gasteiger partial charge >= 0.3 is 0 Å². The van der Waals surface area contributed by atoms with Crippen LogP contribution in [0.3, 0.4) is 0 Å². The van der Waals surface area contributed by atoms with Crippen LogP contribution in [0.15, 0.2) is 66.7 Å². The number of benzene rings is 2. The van der Waals surface area contributed by atoms with Crippen LogP contribution < -0.4 is 5.32 Å². The predicted molar refractivity (Wildman–Crippen MR) is 121 cm³/mol. The van der Waals surface area contributed by atoms with Gasteiger partial charge in [0.05, 0.1) is 12.6 Å². The Kier molecular flexibility index (Phi) is 8.47. The topological polar surface area (TPSA) is 35.6 Å². The van der Waals surface area contributed by atoms with E-state index in [2.05, 4.69) is 70.6 Å². The second kappa shape index (κ2) is 11.5. The Bertz CT molecular complexity index is 752. The molecule has 1 unspecified atom stereocenters. The van der Waals surface area contributed by atoms with Crippen LogP contribution in [0.4, 0.5) is 0 Å². The largest absolute Gasteiger partial charge is 0.348 e. The Hall–Kier alpha value is -2.43. The minimum Gasteiger partial charge on any atom is -0.348 e. The van der Waals surface area contributed by atoms with Crippen molar-refractivity contribution in [1.29, 1.82) is 0 Å². The van der Waals surface area contributed by atoms with E-state index in [0.717, 1.165) is 45.6 Å². The quantitative estimate of drug-likeness (QED) is 0.702. The number of piperazine rings is 1. The van der Waals surface area contributed by atoms with E-state index in [9.17, 15) is 4.79 Å². The number of carbonyl (C=O) groups excluding carboxylic acids is 1. The Morgan fingerprint density at radius 3 is 2.24 bits per heavy atom. The first kappa shape index (κ1) is 21.3. The number of carbonyl (C=O) groups is 1. The van der Waals surface area contributed by atoms with Crippen LogP contribution >= 0.6 is 0 Å². The van der Waals surface area contributed by atoms with Crippen LogP contribution in [0.1, 0.15) is 36.9 Å². The van der Waals surface area contributed by atoms with E-state index in [1.54, 1.807) is 0 Å². The lowest BCUT2D eigenvalue weighted by atomic mass is 10.0. The Labute approximate surface area is 175 Å². The molecule has 2 aromatic carbocycles. The molecule has 0 aliphatic carbocycles. The van der Waals surface area contributed by atoms with Crippen LogP contribution in [-0.2, 0) is 4.79 Å². The molecule has 1 saturated heterocycles. The first-order chi connectivity index (χ1) is 14.2. The van der Waals surface area contributed by atoms with Gasteiger partial charge in [-0.1, -0.05) is 86.2 Å². The van der Waals surface area contributed by atoms with E-state index in [-0.39, 0.29) is 11.9 Å². The fourth-order valence-electron chi connectivity index (χ4n) is 3.77. The third-order valence-corrected chi connectivity index (χ3v) is 5.42. The molecule has 1 N–H and O–H groups in total. The standard InChI is InChI=1S/C25H33N3O/c1-2-10-24(23-14-7-4-8-15-23)26-25(29)21-28-19-17-27(18-20-28)16-9-13-22-11-5-3-6-12-22/h3-9,11-15,24H,2,10,16-21H2,1H3,(H,26,29)/b13-9+. The zero-order valence-electron chi connectivity index (χ0n) is 17.5. The first-order valence-corrected chi connectivity index (χ1v) is 10.7. The smallest absolute Gasteiger partial charge is 0.234 e. The molecule has 1 aliphatic rings. The third kappa shape index (κ3) is 7.15. The monoisotopic (exact) mass is 391 g/mol. The molecule has 4 nitrogen and oxygen atoms in total. The number of nitrogens with one attached hydrogen (secondary N) is 1. The summed E-state index contributed by atoms with van der Waals surface area (Å²) < 4.78 is 0. The fourth-order valence-corrected chi connectivity index (χ4v) is 3.77. The summed E-state index contributed by atoms with van der Waals surface area (Å²) in [6.45, 7) is 7.50. The van der Waals surface area contributed by atoms with Crippen molar-refractivity contribution >= 4 is 12.0 Å². The van der Waals surface area contributed by atoms with E-state index in [1.165, 1.54) is 11.1 Å². The lowest BCUT2D eigenvalue weighted by molar-refractivity contribution is -0.123. The minimum atomic E-state index is 0.109. The van der Waals surface area contributed by atoms with Crippen molar-refractivity contribution < 1.29 is 4.79 Å². The summed E-state index contributed by atoms with van der Waals surface area (Å²) >= 11 is 0. The van der Waals surface area contributed by atoms with Crippen LogP contribution in [0, 0.1) is 0 Å². The molecule has 0 spiro atoms. The second-order valence-corrected chi connectivity index (χ2v) is 7.71. The number of rotatable bonds is 9. The fraction of sp³-hybridized carbons (Fsp3) is 0.400. The second-order valence-electron chi connectivity index (χ2n) is 7.71. The molecule has 0 saturated carbocycles. The molecular weight excluding hydrogens is 358 g/mol. The summed E-state index contributed by atoms with van der Waals surface area (Å²) in [5.41, 5.74) is 2.43. The zero-order valence-corrected chi connectivity index (χ0v) is 17.5. The van der Waals surface area contributed by atoms with Crippen molar-refractivity contribution in [1.82, 2.24) is 15.1 Å². The summed E-state index contributed by atoms with van der Waals surface area (Å²) in [6.07, 6.45) is 6.43. The summed E-state index contributed by atoms with van der Waals surface area (Å²) in [6, 6.07) is 20.8. The average Bonchev–Trinajstić information content (AvgIpc) is 2.76. The van der Waals surface area contributed by atoms with E-state index < -0.39 is 0 Å². The lowest BCUT2D eigenvalue weighted by Gasteiger charge is -2.34. The third-order valence-electron chi connectivity index (χ3n) is 5.42. The van der Waals surface area contributed by atoms with Crippen molar-refractivity contribution in [2.24, 2.45) is 0 Å². The maximum absolute atomic E-state index is 12.6. The van der Waals surface area contributed by atoms with Crippen LogP contribution in [0.2, 0.25) is 0 Å². The average molecular weight is 392 g/mol. The molecule has 0 radical (unpaired) electrons. The zero-order chi connectivity index (χ0) is 20.3. The molecule has 1 amide bonds. The molecule has 1 heterocycles. The van der Waals surface area contributed by atoms with Crippen molar-refractivity contribution in [3.63, 3.8) is 0 Å². The van der Waals surface area contributed by atoms with Gasteiger partial charge < -0.3 is 5.32 Å². The number of amides is 1. The molecule has 4 heteroatoms. The highest BCUT2D eigenvalue weighted by Gasteiger charge is 2.20. The van der Waals surface area contributed by atoms with E-state index in [4.69, 9.17) is 0 Å². The summed E-state index contributed by atoms with van der Waals surface area (Å²) in [5, 5.41) is 3.24. The number of nitrogens with zero attached hydrogens (tertiary/aromatic N) is 2. The maximum Gasteiger partial charge on any atom is 0.234 e. The van der Waals surface area contributed by atoms with Gasteiger partial charge in [-0.3, -0.25) is 14.6 Å². The van der Waals surface area contributed by atoms with Gasteiger partial charge in [0.1, 0.15) is 0 Å². The minimum absolute atomic E-state index is 0.109. The molecular formula is C25H33N3O. The van der Waals surface area contributed by atoms with Gasteiger partial charge in [0.15, 0.2) is 0 Å². The van der Waals surface area contributed by atoms with Gasteiger partial charge in [0, 0.05) is 32.7 Å². The van der Waals surface area contributed by atoms with Crippen molar-refractivity contribution in [2.45, 2.75) is 25.8 Å². The molecule has 29 heavy (non-hydrogen) atoms. The molecule has 3 rings (SSSR count). The Morgan fingerprint density at radius 1 is 0.966 bits per heavy atom. The summed E-state index contributed by atoms with van der Waals surface area (Å²) in [5.74, 6) is 0.129. The van der Waals surface area contributed by atoms with Gasteiger partial charge in [0.25, 0.3) is 0 Å². The molecule has 0 aromatic heterocycles. The highest BCUT2D eigenvalue weighted by atomic mass is 16.2. The number of hydrogen-bond acceptors (Lipinski definition) is 3. The highest BCUT2D eigenvalue weighted by Crippen LogP contribution is 2.18. The van der Waals surface area contributed by atoms with Gasteiger partial charge in [-0.15, -0.1) is 0 Å². The van der Waals surface area contributed by atoms with Crippen molar-refractivity contribution in [3.8, 4) is 0 Å². The predicted octanol–water partition coefficient (Wildman–Crippen LogP) is 3.98. The highest BCUT2D eigenvalue weighted by molar-refractivity contribution is 5.78. The van der Waals surface area contributed by atoms with E-state index in [0.29, 0.717) is 6.54 Å². The van der Waals surface area contributed by atoms with E-state index in [1.807, 2.05) is 24.3 Å². The molecule has 154 valence electrons. The van der Waals surface area contributed by atoms with Gasteiger partial charge in [-0.05, 0) is 17.5 Å². The van der Waals surface area contributed by atoms with Gasteiger partial charge in [-0.25, -0.2) is 0 Å². The summed E-state index contributed by atoms with van der Waals surface area (Å²) in [4.78, 5) is 17.3. The summed E-state index contributed by atoms with van der Waals surface area (Å²) in [7, 11) is 0. The molecule has 1 fully saturated rings. The maximum atomic E-state index is 12.6. The molecule has 1 aliphatic heterocycles. The molecule has 1 atom stereocenters. The SMILES string of the molecule is CCCC(NC(=O)CN1CCN(C/C=C/c2ccccc2)CC1)c1ccccc1. The van der Waals surface area contributed by atoms with Crippen molar-refractivity contribution in [3.05, 3.63) is 77.9 Å². The van der Waals surface area contributed by atoms with Gasteiger partial charge in [0.2, 0.25) is 5.91 Å². The Morgan fingerprint density at radius 2 is 1.59 bits per heavy atom. The molecule has 2 aromatic rings. The number of hydrogen-bond donors (Lipinski definition) is 1. The molecule has 0 bridgehead atoms. The van der Waals surface area contributed by atoms with Crippen LogP contribution in [-0.4, -0.2) is 55.0 Å². The Balaban J connectivity index is 1.40. The van der Waals surface area contributed by atoms with Crippen LogP contribution in [0.5, 0.6) is 0 Å². The van der Waals surface area contributed by atoms with Crippen molar-refractivity contribution in [2.75, 3.05) is 39.3 Å². The van der Waals surface area contributed by atoms with Gasteiger partial charge in [-0.2, -0.15) is 0 Å². The van der Waals surface area contributed by atoms with Crippen LogP contribution in [0.25, 0.3) is 6.08 Å². The lowest BCUT2D eigenvalue weighted by Crippen LogP contribution is -2.49. The van der Waals surface area contributed by atoms with E-state index >= 15 is 0 Å².